The molecule has 0 radical (unpaired) electrons. The lowest BCUT2D eigenvalue weighted by molar-refractivity contribution is -0.138. The molecule has 0 saturated heterocycles. The van der Waals surface area contributed by atoms with E-state index in [-0.39, 0.29) is 18.6 Å². The fraction of sp³-hybridized carbons (Fsp3) is 0.588. The third-order valence-corrected chi connectivity index (χ3v) is 3.97. The number of hydrogen-bond donors (Lipinski definition) is 2. The number of amides is 1. The highest BCUT2D eigenvalue weighted by Gasteiger charge is 2.42. The van der Waals surface area contributed by atoms with E-state index in [0.29, 0.717) is 13.1 Å². The minimum atomic E-state index is -4.95. The molecule has 0 fully saturated rings. The summed E-state index contributed by atoms with van der Waals surface area (Å²) < 4.78 is 44.6. The number of nitrogens with one attached hydrogen (secondary N) is 2. The first-order valence-corrected chi connectivity index (χ1v) is 8.62. The number of likely N-dealkylation sites (N-methyl/N-ethyl adjacent to an activating group) is 1. The van der Waals surface area contributed by atoms with E-state index in [1.54, 1.807) is 0 Å². The average Bonchev–Trinajstić information content (AvgIpc) is 2.97. The number of hydrogen-bond acceptors (Lipinski definition) is 5. The van der Waals surface area contributed by atoms with Crippen LogP contribution in [-0.2, 0) is 22.1 Å². The normalized spacial score (nSPS) is 11.5. The predicted molar refractivity (Wildman–Crippen MR) is 91.6 cm³/mol. The Morgan fingerprint density at radius 3 is 2.33 bits per heavy atom. The lowest BCUT2D eigenvalue weighted by atomic mass is 10.1. The maximum absolute atomic E-state index is 13.3. The van der Waals surface area contributed by atoms with Gasteiger partial charge in [0.05, 0.1) is 29.8 Å². The molecule has 152 valence electrons. The van der Waals surface area contributed by atoms with Crippen molar-refractivity contribution in [3.8, 4) is 0 Å². The van der Waals surface area contributed by atoms with Crippen LogP contribution >= 0.6 is 0 Å². The van der Waals surface area contributed by atoms with Gasteiger partial charge in [0.25, 0.3) is 0 Å². The van der Waals surface area contributed by atoms with Crippen molar-refractivity contribution in [3.63, 3.8) is 0 Å². The number of carbonyl (C=O) groups is 3. The SMILES string of the molecule is CCOC(=O)c1c(CC(=O)NCCN(CC)CC)[nH]c(C=O)c1C(F)(F)F. The highest BCUT2D eigenvalue weighted by Crippen LogP contribution is 2.36. The zero-order chi connectivity index (χ0) is 20.6. The fourth-order valence-electron chi connectivity index (χ4n) is 2.63. The number of aromatic nitrogens is 1. The molecule has 7 nitrogen and oxygen atoms in total. The van der Waals surface area contributed by atoms with Gasteiger partial charge in [-0.1, -0.05) is 13.8 Å². The molecule has 0 unspecified atom stereocenters. The zero-order valence-corrected chi connectivity index (χ0v) is 15.5. The number of H-pyrrole nitrogens is 1. The highest BCUT2D eigenvalue weighted by atomic mass is 19.4. The summed E-state index contributed by atoms with van der Waals surface area (Å²) in [4.78, 5) is 39.4. The zero-order valence-electron chi connectivity index (χ0n) is 15.5. The molecule has 0 spiro atoms. The van der Waals surface area contributed by atoms with E-state index in [2.05, 4.69) is 19.9 Å². The second-order valence-corrected chi connectivity index (χ2v) is 5.66. The van der Waals surface area contributed by atoms with Crippen molar-refractivity contribution < 1.29 is 32.3 Å². The number of rotatable bonds is 10. The maximum Gasteiger partial charge on any atom is 0.419 e. The summed E-state index contributed by atoms with van der Waals surface area (Å²) >= 11 is 0. The molecule has 0 bridgehead atoms. The van der Waals surface area contributed by atoms with Crippen molar-refractivity contribution in [2.75, 3.05) is 32.8 Å². The lowest BCUT2D eigenvalue weighted by Crippen LogP contribution is -2.35. The van der Waals surface area contributed by atoms with Gasteiger partial charge < -0.3 is 19.9 Å². The molecule has 1 heterocycles. The van der Waals surface area contributed by atoms with E-state index in [1.807, 2.05) is 13.8 Å². The van der Waals surface area contributed by atoms with E-state index >= 15 is 0 Å². The molecule has 2 N–H and O–H groups in total. The van der Waals surface area contributed by atoms with Crippen LogP contribution in [0, 0.1) is 0 Å². The number of carbonyl (C=O) groups excluding carboxylic acids is 3. The standard InChI is InChI=1S/C17H24F3N3O4/c1-4-23(5-2)8-7-21-13(25)9-11-14(16(26)27-6-3)15(17(18,19)20)12(10-24)22-11/h10,22H,4-9H2,1-3H3,(H,21,25). The summed E-state index contributed by atoms with van der Waals surface area (Å²) in [6, 6.07) is 0. The molecule has 1 aromatic rings. The number of nitrogens with zero attached hydrogens (tertiary/aromatic N) is 1. The van der Waals surface area contributed by atoms with Gasteiger partial charge in [0.15, 0.2) is 6.29 Å². The van der Waals surface area contributed by atoms with Crippen LogP contribution in [0.1, 0.15) is 52.9 Å². The van der Waals surface area contributed by atoms with Crippen LogP contribution in [0.5, 0.6) is 0 Å². The molecule has 0 aliphatic heterocycles. The van der Waals surface area contributed by atoms with Crippen LogP contribution in [0.4, 0.5) is 13.2 Å². The first-order chi connectivity index (χ1) is 12.7. The van der Waals surface area contributed by atoms with Gasteiger partial charge in [0.1, 0.15) is 0 Å². The first kappa shape index (κ1) is 22.7. The van der Waals surface area contributed by atoms with Gasteiger partial charge in [-0.2, -0.15) is 13.2 Å². The Morgan fingerprint density at radius 1 is 1.22 bits per heavy atom. The Morgan fingerprint density at radius 2 is 1.85 bits per heavy atom. The van der Waals surface area contributed by atoms with E-state index < -0.39 is 41.3 Å². The van der Waals surface area contributed by atoms with Gasteiger partial charge >= 0.3 is 12.1 Å². The smallest absolute Gasteiger partial charge is 0.419 e. The summed E-state index contributed by atoms with van der Waals surface area (Å²) in [6.07, 6.45) is -5.50. The number of alkyl halides is 3. The van der Waals surface area contributed by atoms with Gasteiger partial charge in [0, 0.05) is 18.8 Å². The Kier molecular flexibility index (Phi) is 8.48. The topological polar surface area (TPSA) is 91.5 Å². The second kappa shape index (κ2) is 10.1. The van der Waals surface area contributed by atoms with Crippen molar-refractivity contribution in [3.05, 3.63) is 22.5 Å². The minimum Gasteiger partial charge on any atom is -0.462 e. The number of esters is 1. The Labute approximate surface area is 155 Å². The number of halogens is 3. The fourth-order valence-corrected chi connectivity index (χ4v) is 2.63. The minimum absolute atomic E-state index is 0.0344. The molecule has 0 aliphatic carbocycles. The Bertz CT molecular complexity index is 667. The molecule has 0 saturated carbocycles. The third-order valence-electron chi connectivity index (χ3n) is 3.97. The van der Waals surface area contributed by atoms with Crippen LogP contribution in [0.25, 0.3) is 0 Å². The molecule has 1 amide bonds. The van der Waals surface area contributed by atoms with E-state index in [4.69, 9.17) is 0 Å². The van der Waals surface area contributed by atoms with Gasteiger partial charge in [-0.15, -0.1) is 0 Å². The molecular weight excluding hydrogens is 367 g/mol. The average molecular weight is 391 g/mol. The van der Waals surface area contributed by atoms with Crippen LogP contribution in [0.15, 0.2) is 0 Å². The molecule has 0 aliphatic rings. The van der Waals surface area contributed by atoms with E-state index in [9.17, 15) is 27.6 Å². The third kappa shape index (κ3) is 6.09. The van der Waals surface area contributed by atoms with Crippen molar-refractivity contribution in [1.82, 2.24) is 15.2 Å². The second-order valence-electron chi connectivity index (χ2n) is 5.66. The van der Waals surface area contributed by atoms with Crippen molar-refractivity contribution >= 4 is 18.2 Å². The monoisotopic (exact) mass is 391 g/mol. The molecule has 0 atom stereocenters. The van der Waals surface area contributed by atoms with E-state index in [1.165, 1.54) is 6.92 Å². The van der Waals surface area contributed by atoms with Crippen molar-refractivity contribution in [2.24, 2.45) is 0 Å². The molecule has 1 rings (SSSR count). The summed E-state index contributed by atoms with van der Waals surface area (Å²) in [5.74, 6) is -1.81. The number of aromatic amines is 1. The number of aldehydes is 1. The largest absolute Gasteiger partial charge is 0.462 e. The lowest BCUT2D eigenvalue weighted by Gasteiger charge is -2.17. The predicted octanol–water partition coefficient (Wildman–Crippen LogP) is 2.02. The molecule has 10 heteroatoms. The number of ether oxygens (including phenoxy) is 1. The molecular formula is C17H24F3N3O4. The summed E-state index contributed by atoms with van der Waals surface area (Å²) in [5.41, 5.74) is -3.35. The van der Waals surface area contributed by atoms with Gasteiger partial charge in [-0.05, 0) is 20.0 Å². The van der Waals surface area contributed by atoms with Crippen molar-refractivity contribution in [1.29, 1.82) is 0 Å². The van der Waals surface area contributed by atoms with E-state index in [0.717, 1.165) is 13.1 Å². The van der Waals surface area contributed by atoms with Crippen LogP contribution in [0.2, 0.25) is 0 Å². The van der Waals surface area contributed by atoms with Crippen LogP contribution in [-0.4, -0.2) is 60.8 Å². The molecule has 27 heavy (non-hydrogen) atoms. The molecule has 0 aromatic carbocycles. The van der Waals surface area contributed by atoms with Gasteiger partial charge in [-0.25, -0.2) is 4.79 Å². The Hall–Kier alpha value is -2.36. The quantitative estimate of drug-likeness (QED) is 0.470. The first-order valence-electron chi connectivity index (χ1n) is 8.62. The summed E-state index contributed by atoms with van der Waals surface area (Å²) in [6.45, 7) is 7.72. The van der Waals surface area contributed by atoms with Gasteiger partial charge in [-0.3, -0.25) is 9.59 Å². The molecule has 1 aromatic heterocycles. The van der Waals surface area contributed by atoms with Crippen LogP contribution in [0.3, 0.4) is 0 Å². The highest BCUT2D eigenvalue weighted by molar-refractivity contribution is 5.97. The summed E-state index contributed by atoms with van der Waals surface area (Å²) in [5, 5.41) is 2.59. The van der Waals surface area contributed by atoms with Gasteiger partial charge in [0.2, 0.25) is 5.91 Å². The van der Waals surface area contributed by atoms with Crippen LogP contribution < -0.4 is 5.32 Å². The van der Waals surface area contributed by atoms with Crippen molar-refractivity contribution in [2.45, 2.75) is 33.4 Å². The maximum atomic E-state index is 13.3. The summed E-state index contributed by atoms with van der Waals surface area (Å²) in [7, 11) is 0. The Balaban J connectivity index is 3.05.